The zero-order valence-corrected chi connectivity index (χ0v) is 21.8. The molecule has 0 N–H and O–H groups in total. The van der Waals surface area contributed by atoms with E-state index in [1.54, 1.807) is 0 Å². The maximum absolute atomic E-state index is 4.78. The summed E-state index contributed by atoms with van der Waals surface area (Å²) in [6, 6.07) is 29.4. The number of aromatic nitrogens is 6. The summed E-state index contributed by atoms with van der Waals surface area (Å²) in [5, 5.41) is 26.7. The van der Waals surface area contributed by atoms with Crippen LogP contribution < -0.4 is 0 Å². The van der Waals surface area contributed by atoms with Crippen LogP contribution in [0.15, 0.2) is 84.9 Å². The Hall–Kier alpha value is -4.84. The smallest absolute Gasteiger partial charge is 0.122 e. The fourth-order valence-electron chi connectivity index (χ4n) is 5.79. The molecule has 0 aliphatic heterocycles. The Kier molecular flexibility index (Phi) is 4.91. The van der Waals surface area contributed by atoms with Crippen LogP contribution >= 0.6 is 0 Å². The standard InChI is InChI=1S/C32H26N6/c1-19-11-9-12-20(2)29(19)37-31-25-17-7-8-18-26(25)32-28(24-16-6-5-15-23(24)27(31)33-35-37)34-36-38(32)30-21(3)13-10-14-22(30)4/h5-18H,1-4H3. The van der Waals surface area contributed by atoms with Crippen LogP contribution in [0.1, 0.15) is 22.3 Å². The molecule has 0 spiro atoms. The van der Waals surface area contributed by atoms with Gasteiger partial charge in [0, 0.05) is 20.9 Å². The third kappa shape index (κ3) is 3.13. The molecule has 0 saturated heterocycles. The van der Waals surface area contributed by atoms with Gasteiger partial charge in [-0.3, -0.25) is 0 Å². The first-order valence-corrected chi connectivity index (χ1v) is 12.8. The Morgan fingerprint density at radius 1 is 0.421 bits per heavy atom. The molecule has 6 nitrogen and oxygen atoms in total. The summed E-state index contributed by atoms with van der Waals surface area (Å²) >= 11 is 0. The Balaban J connectivity index is 1.89. The molecular formula is C32H26N6. The van der Waals surface area contributed by atoms with Crippen LogP contribution in [0.3, 0.4) is 0 Å². The lowest BCUT2D eigenvalue weighted by Crippen LogP contribution is -2.05. The van der Waals surface area contributed by atoms with E-state index in [9.17, 15) is 0 Å². The van der Waals surface area contributed by atoms with Crippen molar-refractivity contribution in [3.8, 4) is 11.4 Å². The zero-order valence-electron chi connectivity index (χ0n) is 21.8. The van der Waals surface area contributed by atoms with E-state index < -0.39 is 0 Å². The Labute approximate surface area is 218 Å². The van der Waals surface area contributed by atoms with Crippen molar-refractivity contribution in [1.29, 1.82) is 0 Å². The van der Waals surface area contributed by atoms with Gasteiger partial charge in [-0.15, -0.1) is 10.2 Å². The number of fused-ring (bicyclic) bond motifs is 4. The molecule has 0 saturated carbocycles. The van der Waals surface area contributed by atoms with Crippen LogP contribution in [0.5, 0.6) is 0 Å². The van der Waals surface area contributed by atoms with Gasteiger partial charge < -0.3 is 0 Å². The molecule has 184 valence electrons. The molecule has 0 atom stereocenters. The van der Waals surface area contributed by atoms with E-state index in [2.05, 4.69) is 100 Å². The van der Waals surface area contributed by atoms with Crippen molar-refractivity contribution in [1.82, 2.24) is 30.0 Å². The number of hydrogen-bond donors (Lipinski definition) is 0. The minimum Gasteiger partial charge on any atom is -0.212 e. The number of hydrogen-bond acceptors (Lipinski definition) is 4. The molecule has 1 aliphatic carbocycles. The van der Waals surface area contributed by atoms with Crippen molar-refractivity contribution >= 4 is 0 Å². The Morgan fingerprint density at radius 2 is 0.763 bits per heavy atom. The second-order valence-corrected chi connectivity index (χ2v) is 9.97. The zero-order chi connectivity index (χ0) is 26.0. The normalized spacial score (nSPS) is 11.7. The van der Waals surface area contributed by atoms with E-state index in [1.807, 2.05) is 21.5 Å². The van der Waals surface area contributed by atoms with E-state index in [0.717, 1.165) is 75.9 Å². The molecule has 0 unspecified atom stereocenters. The topological polar surface area (TPSA) is 61.4 Å². The second kappa shape index (κ2) is 8.35. The number of para-hydroxylation sites is 2. The summed E-state index contributed by atoms with van der Waals surface area (Å²) in [4.78, 5) is 0. The molecule has 4 aromatic carbocycles. The average molecular weight is 495 g/mol. The number of aryl methyl sites for hydroxylation is 4. The predicted molar refractivity (Wildman–Crippen MR) is 145 cm³/mol. The molecule has 2 aromatic heterocycles. The Morgan fingerprint density at radius 3 is 1.13 bits per heavy atom. The highest BCUT2D eigenvalue weighted by atomic mass is 15.4. The maximum Gasteiger partial charge on any atom is 0.122 e. The molecule has 2 heterocycles. The number of nitrogens with zero attached hydrogens (tertiary/aromatic N) is 6. The van der Waals surface area contributed by atoms with Crippen LogP contribution in [0, 0.1) is 70.0 Å². The van der Waals surface area contributed by atoms with Gasteiger partial charge in [0.2, 0.25) is 0 Å². The van der Waals surface area contributed by atoms with Crippen molar-refractivity contribution in [3.63, 3.8) is 0 Å². The third-order valence-corrected chi connectivity index (χ3v) is 7.52. The third-order valence-electron chi connectivity index (χ3n) is 7.52. The van der Waals surface area contributed by atoms with Crippen molar-refractivity contribution in [2.24, 2.45) is 0 Å². The molecular weight excluding hydrogens is 468 g/mol. The van der Waals surface area contributed by atoms with Crippen molar-refractivity contribution in [2.45, 2.75) is 27.7 Å². The van der Waals surface area contributed by atoms with Crippen LogP contribution in [-0.2, 0) is 0 Å². The summed E-state index contributed by atoms with van der Waals surface area (Å²) in [5.41, 5.74) is 6.69. The molecule has 6 heteroatoms. The fourth-order valence-corrected chi connectivity index (χ4v) is 5.79. The molecule has 38 heavy (non-hydrogen) atoms. The van der Waals surface area contributed by atoms with E-state index in [0.29, 0.717) is 0 Å². The van der Waals surface area contributed by atoms with Gasteiger partial charge in [-0.05, 0) is 49.9 Å². The van der Waals surface area contributed by atoms with E-state index in [1.165, 1.54) is 0 Å². The highest BCUT2D eigenvalue weighted by molar-refractivity contribution is 5.48. The lowest BCUT2D eigenvalue weighted by molar-refractivity contribution is 0.773. The number of rotatable bonds is 2. The van der Waals surface area contributed by atoms with Gasteiger partial charge >= 0.3 is 0 Å². The SMILES string of the molecule is Cc1cccc(C)c1-n1nnc2c1=c1ccccc1=c1c(nnn1-c1c(C)cccc1C)=c1ccccc1=2. The Bertz CT molecular complexity index is 2090. The highest BCUT2D eigenvalue weighted by Gasteiger charge is 2.15. The maximum atomic E-state index is 4.78. The highest BCUT2D eigenvalue weighted by Crippen LogP contribution is 2.22. The molecule has 0 bridgehead atoms. The van der Waals surface area contributed by atoms with Crippen LogP contribution in [0.2, 0.25) is 0 Å². The molecule has 0 fully saturated rings. The first-order valence-electron chi connectivity index (χ1n) is 12.8. The van der Waals surface area contributed by atoms with Gasteiger partial charge in [0.1, 0.15) is 21.4 Å². The van der Waals surface area contributed by atoms with Crippen LogP contribution in [0.25, 0.3) is 11.4 Å². The first kappa shape index (κ1) is 22.4. The van der Waals surface area contributed by atoms with Gasteiger partial charge in [-0.1, -0.05) is 95.4 Å². The second-order valence-electron chi connectivity index (χ2n) is 9.97. The summed E-state index contributed by atoms with van der Waals surface area (Å²) in [7, 11) is 0. The molecule has 1 aliphatic rings. The molecule has 0 radical (unpaired) electrons. The van der Waals surface area contributed by atoms with Crippen molar-refractivity contribution < 1.29 is 0 Å². The summed E-state index contributed by atoms with van der Waals surface area (Å²) in [5.74, 6) is 0. The van der Waals surface area contributed by atoms with Crippen molar-refractivity contribution in [3.05, 3.63) is 149 Å². The minimum absolute atomic E-state index is 0.836. The van der Waals surface area contributed by atoms with Gasteiger partial charge in [-0.2, -0.15) is 0 Å². The first-order chi connectivity index (χ1) is 18.5. The lowest BCUT2D eigenvalue weighted by Gasteiger charge is -2.10. The predicted octanol–water partition coefficient (Wildman–Crippen LogP) is 5.54. The largest absolute Gasteiger partial charge is 0.212 e. The van der Waals surface area contributed by atoms with Crippen LogP contribution in [-0.4, -0.2) is 30.0 Å². The molecule has 7 rings (SSSR count). The van der Waals surface area contributed by atoms with Crippen LogP contribution in [0.4, 0.5) is 0 Å². The van der Waals surface area contributed by atoms with Gasteiger partial charge in [-0.25, -0.2) is 9.36 Å². The van der Waals surface area contributed by atoms with E-state index in [-0.39, 0.29) is 0 Å². The summed E-state index contributed by atoms with van der Waals surface area (Å²) in [6.45, 7) is 8.49. The van der Waals surface area contributed by atoms with Crippen molar-refractivity contribution in [2.75, 3.05) is 0 Å². The minimum atomic E-state index is 0.836. The average Bonchev–Trinajstić information content (AvgIpc) is 3.52. The lowest BCUT2D eigenvalue weighted by atomic mass is 10.1. The number of benzene rings is 4. The van der Waals surface area contributed by atoms with E-state index >= 15 is 0 Å². The summed E-state index contributed by atoms with van der Waals surface area (Å²) < 4.78 is 4.02. The van der Waals surface area contributed by atoms with Gasteiger partial charge in [0.15, 0.2) is 0 Å². The monoisotopic (exact) mass is 494 g/mol. The summed E-state index contributed by atoms with van der Waals surface area (Å²) in [6.07, 6.45) is 0. The molecule has 0 amide bonds. The fraction of sp³-hybridized carbons (Fsp3) is 0.125. The quantitative estimate of drug-likeness (QED) is 0.317. The van der Waals surface area contributed by atoms with Gasteiger partial charge in [0.05, 0.1) is 11.4 Å². The molecule has 6 aromatic rings. The van der Waals surface area contributed by atoms with E-state index in [4.69, 9.17) is 20.6 Å². The van der Waals surface area contributed by atoms with Gasteiger partial charge in [0.25, 0.3) is 0 Å².